The molecule has 0 bridgehead atoms. The van der Waals surface area contributed by atoms with Gasteiger partial charge in [-0.1, -0.05) is 36.4 Å². The van der Waals surface area contributed by atoms with Crippen molar-refractivity contribution in [3.8, 4) is 11.3 Å². The van der Waals surface area contributed by atoms with Crippen LogP contribution in [0.1, 0.15) is 21.7 Å². The van der Waals surface area contributed by atoms with Crippen LogP contribution in [0.5, 0.6) is 0 Å². The molecule has 0 unspecified atom stereocenters. The average Bonchev–Trinajstić information content (AvgIpc) is 3.09. The minimum Gasteiger partial charge on any atom is -0.457 e. The van der Waals surface area contributed by atoms with Crippen LogP contribution in [0.4, 0.5) is 5.69 Å². The molecule has 1 aromatic heterocycles. The summed E-state index contributed by atoms with van der Waals surface area (Å²) in [6, 6.07) is 17.0. The van der Waals surface area contributed by atoms with Gasteiger partial charge in [0.15, 0.2) is 5.78 Å². The lowest BCUT2D eigenvalue weighted by atomic mass is 10.1. The fraction of sp³-hybridized carbons (Fsp3) is 0.0500. The third-order valence-electron chi connectivity index (χ3n) is 3.78. The van der Waals surface area contributed by atoms with E-state index < -0.39 is 4.92 Å². The number of ketones is 1. The highest BCUT2D eigenvalue weighted by molar-refractivity contribution is 6.06. The number of aryl methyl sites for hydroxylation is 1. The molecule has 0 spiro atoms. The molecular formula is C20H15NO4. The fourth-order valence-electron chi connectivity index (χ4n) is 2.43. The van der Waals surface area contributed by atoms with E-state index in [2.05, 4.69) is 0 Å². The number of hydrogen-bond donors (Lipinski definition) is 0. The molecular weight excluding hydrogens is 318 g/mol. The number of allylic oxidation sites excluding steroid dienone is 1. The Kier molecular flexibility index (Phi) is 4.57. The summed E-state index contributed by atoms with van der Waals surface area (Å²) >= 11 is 0. The van der Waals surface area contributed by atoms with Crippen LogP contribution >= 0.6 is 0 Å². The Labute approximate surface area is 144 Å². The minimum atomic E-state index is -0.439. The zero-order chi connectivity index (χ0) is 17.8. The van der Waals surface area contributed by atoms with Gasteiger partial charge in [-0.3, -0.25) is 14.9 Å². The number of hydrogen-bond acceptors (Lipinski definition) is 4. The number of rotatable bonds is 5. The predicted molar refractivity (Wildman–Crippen MR) is 95.3 cm³/mol. The summed E-state index contributed by atoms with van der Waals surface area (Å²) in [6.45, 7) is 1.86. The van der Waals surface area contributed by atoms with E-state index in [-0.39, 0.29) is 11.5 Å². The second-order valence-corrected chi connectivity index (χ2v) is 5.52. The number of non-ortho nitro benzene ring substituents is 1. The number of nitrogens with zero attached hydrogens (tertiary/aromatic N) is 1. The number of carbonyl (C=O) groups excluding carboxylic acids is 1. The number of carbonyl (C=O) groups is 1. The molecule has 0 fully saturated rings. The second kappa shape index (κ2) is 6.97. The third kappa shape index (κ3) is 3.72. The van der Waals surface area contributed by atoms with Crippen molar-refractivity contribution in [3.63, 3.8) is 0 Å². The maximum atomic E-state index is 12.1. The minimum absolute atomic E-state index is 0.00773. The SMILES string of the molecule is Cc1ccc([N+](=O)[O-])cc1-c1ccc(/C=C/C(=O)c2ccccc2)o1. The van der Waals surface area contributed by atoms with E-state index in [4.69, 9.17) is 4.42 Å². The fourth-order valence-corrected chi connectivity index (χ4v) is 2.43. The van der Waals surface area contributed by atoms with Gasteiger partial charge in [0.25, 0.3) is 5.69 Å². The molecule has 25 heavy (non-hydrogen) atoms. The molecule has 124 valence electrons. The lowest BCUT2D eigenvalue weighted by molar-refractivity contribution is -0.384. The highest BCUT2D eigenvalue weighted by Gasteiger charge is 2.13. The molecule has 3 aromatic rings. The molecule has 0 amide bonds. The summed E-state index contributed by atoms with van der Waals surface area (Å²) < 4.78 is 5.71. The summed E-state index contributed by atoms with van der Waals surface area (Å²) in [6.07, 6.45) is 3.03. The molecule has 3 rings (SSSR count). The van der Waals surface area contributed by atoms with E-state index >= 15 is 0 Å². The Morgan fingerprint density at radius 3 is 2.56 bits per heavy atom. The number of nitro groups is 1. The summed E-state index contributed by atoms with van der Waals surface area (Å²) in [7, 11) is 0. The highest BCUT2D eigenvalue weighted by Crippen LogP contribution is 2.29. The third-order valence-corrected chi connectivity index (χ3v) is 3.78. The average molecular weight is 333 g/mol. The van der Waals surface area contributed by atoms with Crippen molar-refractivity contribution in [2.75, 3.05) is 0 Å². The summed E-state index contributed by atoms with van der Waals surface area (Å²) in [5.41, 5.74) is 2.13. The quantitative estimate of drug-likeness (QED) is 0.283. The van der Waals surface area contributed by atoms with Crippen LogP contribution in [0.2, 0.25) is 0 Å². The van der Waals surface area contributed by atoms with Crippen molar-refractivity contribution in [1.82, 2.24) is 0 Å². The monoisotopic (exact) mass is 333 g/mol. The van der Waals surface area contributed by atoms with Gasteiger partial charge in [-0.2, -0.15) is 0 Å². The van der Waals surface area contributed by atoms with Crippen molar-refractivity contribution in [3.05, 3.63) is 93.7 Å². The molecule has 5 heteroatoms. The zero-order valence-corrected chi connectivity index (χ0v) is 13.5. The molecule has 1 heterocycles. The van der Waals surface area contributed by atoms with Gasteiger partial charge < -0.3 is 4.42 Å². The number of furan rings is 1. The molecule has 0 aliphatic heterocycles. The van der Waals surface area contributed by atoms with Crippen molar-refractivity contribution >= 4 is 17.5 Å². The Hall–Kier alpha value is -3.47. The summed E-state index contributed by atoms with van der Waals surface area (Å²) in [5, 5.41) is 10.9. The van der Waals surface area contributed by atoms with Crippen LogP contribution in [0, 0.1) is 17.0 Å². The van der Waals surface area contributed by atoms with Crippen LogP contribution in [-0.2, 0) is 0 Å². The Balaban J connectivity index is 1.84. The first-order chi connectivity index (χ1) is 12.0. The van der Waals surface area contributed by atoms with Crippen molar-refractivity contribution in [1.29, 1.82) is 0 Å². The van der Waals surface area contributed by atoms with Gasteiger partial charge in [-0.25, -0.2) is 0 Å². The molecule has 0 radical (unpaired) electrons. The molecule has 0 saturated heterocycles. The van der Waals surface area contributed by atoms with Gasteiger partial charge in [0, 0.05) is 23.3 Å². The first-order valence-electron chi connectivity index (χ1n) is 7.67. The zero-order valence-electron chi connectivity index (χ0n) is 13.5. The summed E-state index contributed by atoms with van der Waals surface area (Å²) in [5.74, 6) is 0.906. The maximum absolute atomic E-state index is 12.1. The maximum Gasteiger partial charge on any atom is 0.270 e. The first kappa shape index (κ1) is 16.4. The van der Waals surface area contributed by atoms with Gasteiger partial charge in [-0.05, 0) is 36.8 Å². The molecule has 0 atom stereocenters. The summed E-state index contributed by atoms with van der Waals surface area (Å²) in [4.78, 5) is 22.6. The molecule has 0 N–H and O–H groups in total. The van der Waals surface area contributed by atoms with Crippen LogP contribution in [0.3, 0.4) is 0 Å². The van der Waals surface area contributed by atoms with Gasteiger partial charge in [0.05, 0.1) is 4.92 Å². The predicted octanol–water partition coefficient (Wildman–Crippen LogP) is 5.06. The van der Waals surface area contributed by atoms with Crippen LogP contribution in [-0.4, -0.2) is 10.7 Å². The van der Waals surface area contributed by atoms with Crippen LogP contribution in [0.25, 0.3) is 17.4 Å². The van der Waals surface area contributed by atoms with Gasteiger partial charge >= 0.3 is 0 Å². The van der Waals surface area contributed by atoms with Crippen molar-refractivity contribution < 1.29 is 14.1 Å². The van der Waals surface area contributed by atoms with Gasteiger partial charge in [-0.15, -0.1) is 0 Å². The van der Waals surface area contributed by atoms with Crippen LogP contribution in [0.15, 0.2) is 71.2 Å². The number of nitro benzene ring substituents is 1. The molecule has 0 aliphatic rings. The van der Waals surface area contributed by atoms with Crippen molar-refractivity contribution in [2.24, 2.45) is 0 Å². The van der Waals surface area contributed by atoms with E-state index in [9.17, 15) is 14.9 Å². The molecule has 2 aromatic carbocycles. The Morgan fingerprint density at radius 2 is 1.84 bits per heavy atom. The molecule has 0 saturated carbocycles. The highest BCUT2D eigenvalue weighted by atomic mass is 16.6. The van der Waals surface area contributed by atoms with E-state index in [0.717, 1.165) is 5.56 Å². The van der Waals surface area contributed by atoms with E-state index in [1.54, 1.807) is 48.5 Å². The van der Waals surface area contributed by atoms with Crippen molar-refractivity contribution in [2.45, 2.75) is 6.92 Å². The van der Waals surface area contributed by atoms with Gasteiger partial charge in [0.2, 0.25) is 0 Å². The smallest absolute Gasteiger partial charge is 0.270 e. The standard InChI is InChI=1S/C20H15NO4/c1-14-7-8-16(21(23)24)13-18(14)20-12-10-17(25-20)9-11-19(22)15-5-3-2-4-6-15/h2-13H,1H3/b11-9+. The van der Waals surface area contributed by atoms with Gasteiger partial charge in [0.1, 0.15) is 11.5 Å². The Morgan fingerprint density at radius 1 is 1.08 bits per heavy atom. The largest absolute Gasteiger partial charge is 0.457 e. The normalized spacial score (nSPS) is 10.9. The molecule has 5 nitrogen and oxygen atoms in total. The van der Waals surface area contributed by atoms with E-state index in [1.165, 1.54) is 18.2 Å². The molecule has 0 aliphatic carbocycles. The number of benzene rings is 2. The van der Waals surface area contributed by atoms with E-state index in [1.807, 2.05) is 13.0 Å². The lowest BCUT2D eigenvalue weighted by Gasteiger charge is -2.02. The van der Waals surface area contributed by atoms with E-state index in [0.29, 0.717) is 22.6 Å². The second-order valence-electron chi connectivity index (χ2n) is 5.52. The first-order valence-corrected chi connectivity index (χ1v) is 7.67. The van der Waals surface area contributed by atoms with Crippen LogP contribution < -0.4 is 0 Å². The lowest BCUT2D eigenvalue weighted by Crippen LogP contribution is -1.92. The topological polar surface area (TPSA) is 73.3 Å². The Bertz CT molecular complexity index is 955.